The monoisotopic (exact) mass is 369 g/mol. The van der Waals surface area contributed by atoms with Gasteiger partial charge >= 0.3 is 0 Å². The Hall–Kier alpha value is -2.34. The summed E-state index contributed by atoms with van der Waals surface area (Å²) in [7, 11) is 0. The van der Waals surface area contributed by atoms with Crippen LogP contribution in [0.1, 0.15) is 30.3 Å². The first-order valence-electron chi connectivity index (χ1n) is 9.87. The largest absolute Gasteiger partial charge is 0.378 e. The number of H-pyrrole nitrogens is 1. The number of hydrogen-bond donors (Lipinski definition) is 1. The zero-order valence-corrected chi connectivity index (χ0v) is 15.8. The van der Waals surface area contributed by atoms with Crippen LogP contribution in [0.15, 0.2) is 30.3 Å². The van der Waals surface area contributed by atoms with Gasteiger partial charge in [0.15, 0.2) is 0 Å². The number of likely N-dealkylation sites (tertiary alicyclic amines) is 1. The van der Waals surface area contributed by atoms with E-state index in [1.807, 2.05) is 47.1 Å². The number of aromatic nitrogens is 1. The molecule has 4 rings (SSSR count). The predicted molar refractivity (Wildman–Crippen MR) is 103 cm³/mol. The molecular formula is C21H27N3O3. The molecule has 2 fully saturated rings. The lowest BCUT2D eigenvalue weighted by Crippen LogP contribution is -2.47. The lowest BCUT2D eigenvalue weighted by molar-refractivity contribution is -0.141. The predicted octanol–water partition coefficient (Wildman–Crippen LogP) is 2.52. The molecule has 144 valence electrons. The van der Waals surface area contributed by atoms with Crippen molar-refractivity contribution in [3.8, 4) is 0 Å². The summed E-state index contributed by atoms with van der Waals surface area (Å²) in [6.45, 7) is 6.12. The van der Waals surface area contributed by atoms with Crippen molar-refractivity contribution in [2.45, 2.75) is 19.8 Å². The maximum atomic E-state index is 12.8. The number of piperidine rings is 1. The fourth-order valence-corrected chi connectivity index (χ4v) is 4.23. The van der Waals surface area contributed by atoms with Crippen molar-refractivity contribution in [1.82, 2.24) is 14.8 Å². The van der Waals surface area contributed by atoms with E-state index in [0.717, 1.165) is 23.7 Å². The van der Waals surface area contributed by atoms with Crippen molar-refractivity contribution in [3.05, 3.63) is 36.0 Å². The number of carbonyl (C=O) groups is 2. The molecule has 2 aliphatic rings. The maximum Gasteiger partial charge on any atom is 0.270 e. The molecule has 6 nitrogen and oxygen atoms in total. The number of carbonyl (C=O) groups excluding carboxylic acids is 2. The molecule has 27 heavy (non-hydrogen) atoms. The minimum absolute atomic E-state index is 0.00780. The van der Waals surface area contributed by atoms with Crippen LogP contribution in [0.4, 0.5) is 0 Å². The van der Waals surface area contributed by atoms with Crippen LogP contribution < -0.4 is 0 Å². The van der Waals surface area contributed by atoms with E-state index < -0.39 is 0 Å². The number of nitrogens with one attached hydrogen (secondary N) is 1. The summed E-state index contributed by atoms with van der Waals surface area (Å²) < 4.78 is 5.34. The normalized spacial score (nSPS) is 20.0. The molecule has 1 aromatic heterocycles. The van der Waals surface area contributed by atoms with E-state index in [2.05, 4.69) is 4.98 Å². The molecule has 2 aliphatic heterocycles. The highest BCUT2D eigenvalue weighted by Gasteiger charge is 2.33. The lowest BCUT2D eigenvalue weighted by Gasteiger charge is -2.37. The van der Waals surface area contributed by atoms with Gasteiger partial charge in [-0.3, -0.25) is 9.59 Å². The van der Waals surface area contributed by atoms with Gasteiger partial charge in [-0.2, -0.15) is 0 Å². The van der Waals surface area contributed by atoms with Gasteiger partial charge in [0.2, 0.25) is 5.91 Å². The number of rotatable bonds is 3. The van der Waals surface area contributed by atoms with Gasteiger partial charge in [0.05, 0.1) is 13.2 Å². The third-order valence-corrected chi connectivity index (χ3v) is 6.01. The molecule has 1 N–H and O–H groups in total. The maximum absolute atomic E-state index is 12.8. The number of fused-ring (bicyclic) bond motifs is 1. The zero-order valence-electron chi connectivity index (χ0n) is 15.8. The number of benzene rings is 1. The second-order valence-electron chi connectivity index (χ2n) is 7.63. The summed E-state index contributed by atoms with van der Waals surface area (Å²) in [5, 5.41) is 1.06. The fourth-order valence-electron chi connectivity index (χ4n) is 4.23. The van der Waals surface area contributed by atoms with Crippen LogP contribution in [0.25, 0.3) is 10.9 Å². The van der Waals surface area contributed by atoms with Gasteiger partial charge in [-0.05, 0) is 30.9 Å². The molecule has 0 bridgehead atoms. The Morgan fingerprint density at radius 3 is 2.48 bits per heavy atom. The van der Waals surface area contributed by atoms with E-state index in [-0.39, 0.29) is 17.7 Å². The van der Waals surface area contributed by atoms with Crippen molar-refractivity contribution in [2.24, 2.45) is 11.8 Å². The SMILES string of the molecule is CC(C(=O)N1CCOCC1)C1CCN(C(=O)c2cc3ccccc3[nH]2)CC1. The molecule has 2 aromatic rings. The van der Waals surface area contributed by atoms with Crippen molar-refractivity contribution >= 4 is 22.7 Å². The fraction of sp³-hybridized carbons (Fsp3) is 0.524. The smallest absolute Gasteiger partial charge is 0.270 e. The van der Waals surface area contributed by atoms with Crippen LogP contribution >= 0.6 is 0 Å². The summed E-state index contributed by atoms with van der Waals surface area (Å²) in [5.41, 5.74) is 1.63. The molecule has 3 heterocycles. The molecule has 0 saturated carbocycles. The first kappa shape index (κ1) is 18.0. The van der Waals surface area contributed by atoms with Gasteiger partial charge in [-0.25, -0.2) is 0 Å². The number of para-hydroxylation sites is 1. The molecular weight excluding hydrogens is 342 g/mol. The molecule has 0 radical (unpaired) electrons. The van der Waals surface area contributed by atoms with Crippen molar-refractivity contribution in [1.29, 1.82) is 0 Å². The van der Waals surface area contributed by atoms with Crippen molar-refractivity contribution in [3.63, 3.8) is 0 Å². The Morgan fingerprint density at radius 2 is 1.78 bits per heavy atom. The second-order valence-corrected chi connectivity index (χ2v) is 7.63. The highest BCUT2D eigenvalue weighted by atomic mass is 16.5. The Morgan fingerprint density at radius 1 is 1.07 bits per heavy atom. The quantitative estimate of drug-likeness (QED) is 0.904. The average molecular weight is 369 g/mol. The number of ether oxygens (including phenoxy) is 1. The van der Waals surface area contributed by atoms with Crippen LogP contribution in [0.2, 0.25) is 0 Å². The second kappa shape index (κ2) is 7.72. The third kappa shape index (κ3) is 3.72. The molecule has 1 unspecified atom stereocenters. The van der Waals surface area contributed by atoms with Crippen LogP contribution in [0, 0.1) is 11.8 Å². The summed E-state index contributed by atoms with van der Waals surface area (Å²) in [6.07, 6.45) is 1.76. The van der Waals surface area contributed by atoms with Crippen LogP contribution in [0.5, 0.6) is 0 Å². The average Bonchev–Trinajstić information content (AvgIpc) is 3.17. The molecule has 1 aromatic carbocycles. The number of hydrogen-bond acceptors (Lipinski definition) is 3. The minimum Gasteiger partial charge on any atom is -0.378 e. The zero-order chi connectivity index (χ0) is 18.8. The lowest BCUT2D eigenvalue weighted by atomic mass is 9.84. The van der Waals surface area contributed by atoms with Gasteiger partial charge in [0.1, 0.15) is 5.69 Å². The highest BCUT2D eigenvalue weighted by Crippen LogP contribution is 2.28. The third-order valence-electron chi connectivity index (χ3n) is 6.01. The number of nitrogens with zero attached hydrogens (tertiary/aromatic N) is 2. The molecule has 1 atom stereocenters. The number of morpholine rings is 1. The van der Waals surface area contributed by atoms with Crippen molar-refractivity contribution in [2.75, 3.05) is 39.4 Å². The number of aromatic amines is 1. The minimum atomic E-state index is 0.00780. The topological polar surface area (TPSA) is 65.6 Å². The first-order chi connectivity index (χ1) is 13.1. The van der Waals surface area contributed by atoms with Gasteiger partial charge in [-0.15, -0.1) is 0 Å². The molecule has 2 amide bonds. The van der Waals surface area contributed by atoms with Gasteiger partial charge in [-0.1, -0.05) is 25.1 Å². The van der Waals surface area contributed by atoms with Crippen molar-refractivity contribution < 1.29 is 14.3 Å². The molecule has 6 heteroatoms. The summed E-state index contributed by atoms with van der Waals surface area (Å²) in [4.78, 5) is 32.6. The van der Waals surface area contributed by atoms with E-state index in [1.54, 1.807) is 0 Å². The Bertz CT molecular complexity index is 784. The van der Waals surface area contributed by atoms with Gasteiger partial charge < -0.3 is 19.5 Å². The van der Waals surface area contributed by atoms with Gasteiger partial charge in [0, 0.05) is 43.0 Å². The molecule has 2 saturated heterocycles. The van der Waals surface area contributed by atoms with E-state index in [4.69, 9.17) is 4.74 Å². The molecule has 0 spiro atoms. The Balaban J connectivity index is 1.35. The van der Waals surface area contributed by atoms with Crippen LogP contribution in [-0.4, -0.2) is 66.0 Å². The van der Waals surface area contributed by atoms with E-state index in [0.29, 0.717) is 51.0 Å². The first-order valence-corrected chi connectivity index (χ1v) is 9.87. The summed E-state index contributed by atoms with van der Waals surface area (Å²) in [6, 6.07) is 9.85. The Kier molecular flexibility index (Phi) is 5.16. The molecule has 0 aliphatic carbocycles. The standard InChI is InChI=1S/C21H27N3O3/c1-15(20(25)24-10-12-27-13-11-24)16-6-8-23(9-7-16)21(26)19-14-17-4-2-3-5-18(17)22-19/h2-5,14-16,22H,6-13H2,1H3. The van der Waals surface area contributed by atoms with Crippen LogP contribution in [-0.2, 0) is 9.53 Å². The van der Waals surface area contributed by atoms with Gasteiger partial charge in [0.25, 0.3) is 5.91 Å². The number of amides is 2. The van der Waals surface area contributed by atoms with E-state index in [1.165, 1.54) is 0 Å². The van der Waals surface area contributed by atoms with Crippen LogP contribution in [0.3, 0.4) is 0 Å². The van der Waals surface area contributed by atoms with E-state index in [9.17, 15) is 9.59 Å². The Labute approximate surface area is 159 Å². The summed E-state index contributed by atoms with van der Waals surface area (Å²) in [5.74, 6) is 0.635. The van der Waals surface area contributed by atoms with E-state index >= 15 is 0 Å². The highest BCUT2D eigenvalue weighted by molar-refractivity contribution is 5.98. The summed E-state index contributed by atoms with van der Waals surface area (Å²) >= 11 is 0.